The summed E-state index contributed by atoms with van der Waals surface area (Å²) in [5.74, 6) is -0.978. The van der Waals surface area contributed by atoms with E-state index in [1.54, 1.807) is 31.2 Å². The van der Waals surface area contributed by atoms with Crippen molar-refractivity contribution in [1.29, 1.82) is 0 Å². The van der Waals surface area contributed by atoms with Gasteiger partial charge in [-0.15, -0.1) is 0 Å². The highest BCUT2D eigenvalue weighted by Crippen LogP contribution is 2.36. The molecule has 0 aliphatic carbocycles. The van der Waals surface area contributed by atoms with Gasteiger partial charge in [-0.3, -0.25) is 15.1 Å². The van der Waals surface area contributed by atoms with E-state index < -0.39 is 22.3 Å². The Labute approximate surface area is 143 Å². The van der Waals surface area contributed by atoms with Gasteiger partial charge >= 0.3 is 11.7 Å². The van der Waals surface area contributed by atoms with Gasteiger partial charge in [-0.2, -0.15) is 0 Å². The highest BCUT2D eigenvalue weighted by Gasteiger charge is 2.19. The van der Waals surface area contributed by atoms with Gasteiger partial charge < -0.3 is 14.6 Å². The summed E-state index contributed by atoms with van der Waals surface area (Å²) >= 11 is 0. The van der Waals surface area contributed by atoms with E-state index in [9.17, 15) is 20.0 Å². The van der Waals surface area contributed by atoms with Crippen molar-refractivity contribution in [2.24, 2.45) is 4.99 Å². The summed E-state index contributed by atoms with van der Waals surface area (Å²) < 4.78 is 9.82. The van der Waals surface area contributed by atoms with Gasteiger partial charge in [0.15, 0.2) is 5.75 Å². The van der Waals surface area contributed by atoms with Gasteiger partial charge in [-0.05, 0) is 37.3 Å². The number of hydrogen-bond donors (Lipinski definition) is 1. The second kappa shape index (κ2) is 7.91. The smallest absolute Gasteiger partial charge is 0.338 e. The topological polar surface area (TPSA) is 111 Å². The number of carbonyl (C=O) groups excluding carboxylic acids is 1. The molecule has 0 aliphatic rings. The first-order valence-corrected chi connectivity index (χ1v) is 7.33. The summed E-state index contributed by atoms with van der Waals surface area (Å²) in [5.41, 5.74) is 0.861. The Morgan fingerprint density at radius 2 is 2.00 bits per heavy atom. The van der Waals surface area contributed by atoms with Crippen LogP contribution in [-0.2, 0) is 4.74 Å². The number of nitro groups is 1. The number of phenols is 1. The maximum Gasteiger partial charge on any atom is 0.338 e. The molecule has 0 atom stereocenters. The van der Waals surface area contributed by atoms with E-state index in [4.69, 9.17) is 9.47 Å². The zero-order valence-corrected chi connectivity index (χ0v) is 13.6. The molecule has 8 heteroatoms. The molecule has 130 valence electrons. The molecule has 0 fully saturated rings. The molecule has 0 amide bonds. The van der Waals surface area contributed by atoms with E-state index in [0.29, 0.717) is 23.4 Å². The van der Waals surface area contributed by atoms with Crippen LogP contribution >= 0.6 is 0 Å². The second-order valence-electron chi connectivity index (χ2n) is 4.87. The summed E-state index contributed by atoms with van der Waals surface area (Å²) in [4.78, 5) is 26.0. The van der Waals surface area contributed by atoms with Crippen LogP contribution in [0, 0.1) is 10.1 Å². The van der Waals surface area contributed by atoms with Gasteiger partial charge in [0.25, 0.3) is 0 Å². The van der Waals surface area contributed by atoms with E-state index in [-0.39, 0.29) is 5.75 Å². The Morgan fingerprint density at radius 3 is 2.56 bits per heavy atom. The van der Waals surface area contributed by atoms with E-state index in [0.717, 1.165) is 0 Å². The number of benzene rings is 2. The van der Waals surface area contributed by atoms with Crippen LogP contribution in [0.2, 0.25) is 0 Å². The highest BCUT2D eigenvalue weighted by atomic mass is 16.6. The van der Waals surface area contributed by atoms with Crippen LogP contribution in [0.1, 0.15) is 22.8 Å². The summed E-state index contributed by atoms with van der Waals surface area (Å²) in [6.07, 6.45) is 1.40. The molecule has 2 aromatic carbocycles. The number of aliphatic imine (C=N–C) groups is 1. The third-order valence-electron chi connectivity index (χ3n) is 3.23. The predicted octanol–water partition coefficient (Wildman–Crippen LogP) is 3.24. The second-order valence-corrected chi connectivity index (χ2v) is 4.87. The number of rotatable bonds is 6. The van der Waals surface area contributed by atoms with Crippen molar-refractivity contribution in [2.75, 3.05) is 13.7 Å². The Kier molecular flexibility index (Phi) is 5.67. The predicted molar refractivity (Wildman–Crippen MR) is 91.0 cm³/mol. The van der Waals surface area contributed by atoms with Crippen LogP contribution in [0.25, 0.3) is 0 Å². The molecule has 0 unspecified atom stereocenters. The molecule has 0 saturated carbocycles. The fraction of sp³-hybridized carbons (Fsp3) is 0.176. The van der Waals surface area contributed by atoms with Crippen LogP contribution in [0.15, 0.2) is 41.4 Å². The molecule has 25 heavy (non-hydrogen) atoms. The first-order chi connectivity index (χ1) is 12.0. The van der Waals surface area contributed by atoms with E-state index in [1.807, 2.05) is 0 Å². The SMILES string of the molecule is CCOC(=O)c1ccc(N=Cc2cc(OC)c(O)c([N+](=O)[O-])c2)cc1. The van der Waals surface area contributed by atoms with Crippen LogP contribution in [0.3, 0.4) is 0 Å². The molecule has 8 nitrogen and oxygen atoms in total. The number of hydrogen-bond acceptors (Lipinski definition) is 7. The van der Waals surface area contributed by atoms with E-state index in [2.05, 4.69) is 4.99 Å². The molecule has 0 bridgehead atoms. The van der Waals surface area contributed by atoms with Crippen molar-refractivity contribution >= 4 is 23.6 Å². The molecule has 0 radical (unpaired) electrons. The Balaban J connectivity index is 2.25. The lowest BCUT2D eigenvalue weighted by Gasteiger charge is -2.05. The molecular weight excluding hydrogens is 328 g/mol. The molecule has 2 rings (SSSR count). The number of methoxy groups -OCH3 is 1. The van der Waals surface area contributed by atoms with Crippen molar-refractivity contribution in [3.63, 3.8) is 0 Å². The van der Waals surface area contributed by atoms with Crippen molar-refractivity contribution in [3.05, 3.63) is 57.6 Å². The fourth-order valence-electron chi connectivity index (χ4n) is 2.03. The van der Waals surface area contributed by atoms with Gasteiger partial charge in [0, 0.05) is 17.8 Å². The Bertz CT molecular complexity index is 815. The van der Waals surface area contributed by atoms with Gasteiger partial charge in [-0.1, -0.05) is 0 Å². The van der Waals surface area contributed by atoms with Crippen LogP contribution in [-0.4, -0.2) is 35.9 Å². The lowest BCUT2D eigenvalue weighted by atomic mass is 10.1. The fourth-order valence-corrected chi connectivity index (χ4v) is 2.03. The van der Waals surface area contributed by atoms with Crippen molar-refractivity contribution in [2.45, 2.75) is 6.92 Å². The average Bonchev–Trinajstić information content (AvgIpc) is 2.61. The molecule has 1 N–H and O–H groups in total. The minimum absolute atomic E-state index is 0.0201. The number of ether oxygens (including phenoxy) is 2. The van der Waals surface area contributed by atoms with Gasteiger partial charge in [0.2, 0.25) is 5.75 Å². The molecular formula is C17H16N2O6. The van der Waals surface area contributed by atoms with Crippen LogP contribution in [0.5, 0.6) is 11.5 Å². The Morgan fingerprint density at radius 1 is 1.32 bits per heavy atom. The number of phenolic OH excluding ortho intramolecular Hbond substituents is 1. The Hall–Kier alpha value is -3.42. The zero-order valence-electron chi connectivity index (χ0n) is 13.6. The molecule has 2 aromatic rings. The quantitative estimate of drug-likeness (QED) is 0.373. The monoisotopic (exact) mass is 344 g/mol. The lowest BCUT2D eigenvalue weighted by molar-refractivity contribution is -0.386. The molecule has 0 heterocycles. The van der Waals surface area contributed by atoms with Crippen LogP contribution in [0.4, 0.5) is 11.4 Å². The van der Waals surface area contributed by atoms with Crippen molar-refractivity contribution in [1.82, 2.24) is 0 Å². The molecule has 0 saturated heterocycles. The third-order valence-corrected chi connectivity index (χ3v) is 3.23. The van der Waals surface area contributed by atoms with E-state index in [1.165, 1.54) is 25.5 Å². The third kappa shape index (κ3) is 4.31. The minimum Gasteiger partial charge on any atom is -0.500 e. The minimum atomic E-state index is -0.705. The summed E-state index contributed by atoms with van der Waals surface area (Å²) in [5, 5.41) is 20.7. The first-order valence-electron chi connectivity index (χ1n) is 7.33. The number of nitro benzene ring substituents is 1. The first kappa shape index (κ1) is 17.9. The maximum absolute atomic E-state index is 11.6. The van der Waals surface area contributed by atoms with Crippen molar-refractivity contribution in [3.8, 4) is 11.5 Å². The van der Waals surface area contributed by atoms with Gasteiger partial charge in [0.05, 0.1) is 29.9 Å². The maximum atomic E-state index is 11.6. The number of carbonyl (C=O) groups is 1. The molecule has 0 aliphatic heterocycles. The lowest BCUT2D eigenvalue weighted by Crippen LogP contribution is -2.03. The number of esters is 1. The van der Waals surface area contributed by atoms with Crippen LogP contribution < -0.4 is 4.74 Å². The molecule has 0 aromatic heterocycles. The van der Waals surface area contributed by atoms with Crippen molar-refractivity contribution < 1.29 is 24.3 Å². The standard InChI is InChI=1S/C17H16N2O6/c1-3-25-17(21)12-4-6-13(7-5-12)18-10-11-8-14(19(22)23)16(20)15(9-11)24-2/h4-10,20H,3H2,1-2H3. The van der Waals surface area contributed by atoms with Gasteiger partial charge in [0.1, 0.15) is 0 Å². The average molecular weight is 344 g/mol. The molecule has 0 spiro atoms. The number of nitrogens with zero attached hydrogens (tertiary/aromatic N) is 2. The number of aromatic hydroxyl groups is 1. The summed E-state index contributed by atoms with van der Waals surface area (Å²) in [6.45, 7) is 2.02. The summed E-state index contributed by atoms with van der Waals surface area (Å²) in [6, 6.07) is 9.01. The summed E-state index contributed by atoms with van der Waals surface area (Å²) in [7, 11) is 1.30. The zero-order chi connectivity index (χ0) is 18.4. The largest absolute Gasteiger partial charge is 0.500 e. The van der Waals surface area contributed by atoms with E-state index >= 15 is 0 Å². The van der Waals surface area contributed by atoms with Gasteiger partial charge in [-0.25, -0.2) is 4.79 Å². The highest BCUT2D eigenvalue weighted by molar-refractivity contribution is 5.90. The normalized spacial score (nSPS) is 10.6.